The number of hydrogen-bond donors (Lipinski definition) is 0. The summed E-state index contributed by atoms with van der Waals surface area (Å²) in [6.45, 7) is 7.32. The van der Waals surface area contributed by atoms with Gasteiger partial charge < -0.3 is 19.4 Å². The molecule has 0 radical (unpaired) electrons. The maximum Gasteiger partial charge on any atom is 0.257 e. The SMILES string of the molecule is COc1ccccc1C(=O)N1CCCC[C@@](CCN2CCC(N3CCCCC3)CC2)(c2ccc(Cl)c(Cl)c2)C1. The number of para-hydroxylation sites is 1. The molecule has 0 aromatic heterocycles. The van der Waals surface area contributed by atoms with E-state index in [0.29, 0.717) is 27.9 Å². The number of methoxy groups -OCH3 is 1. The molecule has 1 amide bonds. The fourth-order valence-electron chi connectivity index (χ4n) is 7.03. The second kappa shape index (κ2) is 13.2. The highest BCUT2D eigenvalue weighted by Gasteiger charge is 2.39. The number of amides is 1. The standard InChI is InChI=1S/C32H43Cl2N3O2/c1-39-30-10-4-3-9-27(30)31(38)37-19-8-5-15-32(24-37,25-11-12-28(33)29(34)23-25)16-22-35-20-13-26(14-21-35)36-17-6-2-7-18-36/h3-4,9-12,23,26H,2,5-8,13-22,24H2,1H3/t32-/m0/s1. The van der Waals surface area contributed by atoms with Crippen molar-refractivity contribution in [2.24, 2.45) is 0 Å². The van der Waals surface area contributed by atoms with Crippen molar-refractivity contribution < 1.29 is 9.53 Å². The third-order valence-electron chi connectivity index (χ3n) is 9.35. The number of halogens is 2. The van der Waals surface area contributed by atoms with E-state index >= 15 is 0 Å². The van der Waals surface area contributed by atoms with E-state index < -0.39 is 0 Å². The summed E-state index contributed by atoms with van der Waals surface area (Å²) in [6.07, 6.45) is 10.7. The van der Waals surface area contributed by atoms with E-state index in [1.165, 1.54) is 50.8 Å². The number of piperidine rings is 2. The van der Waals surface area contributed by atoms with Gasteiger partial charge in [-0.1, -0.05) is 54.2 Å². The third kappa shape index (κ3) is 6.75. The Bertz CT molecular complexity index is 1110. The van der Waals surface area contributed by atoms with E-state index in [0.717, 1.165) is 57.9 Å². The first kappa shape index (κ1) is 28.7. The Kier molecular flexibility index (Phi) is 9.76. The first-order valence-electron chi connectivity index (χ1n) is 14.8. The van der Waals surface area contributed by atoms with Crippen LogP contribution in [0.2, 0.25) is 10.0 Å². The molecule has 5 rings (SSSR count). The van der Waals surface area contributed by atoms with Crippen LogP contribution in [0.1, 0.15) is 73.7 Å². The molecule has 3 aliphatic rings. The Hall–Kier alpha value is -1.79. The molecule has 5 nitrogen and oxygen atoms in total. The summed E-state index contributed by atoms with van der Waals surface area (Å²) in [5, 5.41) is 1.16. The number of nitrogens with zero attached hydrogens (tertiary/aromatic N) is 3. The van der Waals surface area contributed by atoms with Gasteiger partial charge in [0.2, 0.25) is 0 Å². The molecule has 3 fully saturated rings. The maximum absolute atomic E-state index is 13.8. The maximum atomic E-state index is 13.8. The van der Waals surface area contributed by atoms with Crippen molar-refractivity contribution in [2.45, 2.75) is 69.2 Å². The van der Waals surface area contributed by atoms with Gasteiger partial charge in [-0.05, 0) is 107 Å². The molecule has 0 bridgehead atoms. The van der Waals surface area contributed by atoms with Crippen LogP contribution >= 0.6 is 23.2 Å². The van der Waals surface area contributed by atoms with E-state index in [1.54, 1.807) is 7.11 Å². The topological polar surface area (TPSA) is 36.0 Å². The lowest BCUT2D eigenvalue weighted by atomic mass is 9.73. The molecule has 0 aliphatic carbocycles. The summed E-state index contributed by atoms with van der Waals surface area (Å²) >= 11 is 12.9. The van der Waals surface area contributed by atoms with E-state index in [2.05, 4.69) is 20.8 Å². The van der Waals surface area contributed by atoms with Crippen molar-refractivity contribution >= 4 is 29.1 Å². The first-order valence-corrected chi connectivity index (χ1v) is 15.6. The minimum atomic E-state index is -0.174. The van der Waals surface area contributed by atoms with Gasteiger partial charge in [-0.25, -0.2) is 0 Å². The zero-order valence-electron chi connectivity index (χ0n) is 23.3. The van der Waals surface area contributed by atoms with E-state index in [-0.39, 0.29) is 11.3 Å². The van der Waals surface area contributed by atoms with Crippen molar-refractivity contribution in [2.75, 3.05) is 52.9 Å². The van der Waals surface area contributed by atoms with Crippen LogP contribution in [0.25, 0.3) is 0 Å². The van der Waals surface area contributed by atoms with Crippen LogP contribution in [-0.2, 0) is 5.41 Å². The largest absolute Gasteiger partial charge is 0.496 e. The molecule has 212 valence electrons. The molecule has 0 spiro atoms. The van der Waals surface area contributed by atoms with E-state index in [9.17, 15) is 4.79 Å². The van der Waals surface area contributed by atoms with Gasteiger partial charge in [0.15, 0.2) is 0 Å². The molecule has 0 saturated carbocycles. The van der Waals surface area contributed by atoms with Crippen LogP contribution in [0.5, 0.6) is 5.75 Å². The number of carbonyl (C=O) groups is 1. The molecule has 2 aromatic carbocycles. The Morgan fingerprint density at radius 2 is 1.67 bits per heavy atom. The Labute approximate surface area is 244 Å². The molecule has 7 heteroatoms. The average molecular weight is 573 g/mol. The number of benzene rings is 2. The van der Waals surface area contributed by atoms with Gasteiger partial charge in [0, 0.05) is 24.5 Å². The third-order valence-corrected chi connectivity index (χ3v) is 10.1. The molecule has 2 aromatic rings. The lowest BCUT2D eigenvalue weighted by Gasteiger charge is -2.42. The highest BCUT2D eigenvalue weighted by molar-refractivity contribution is 6.42. The summed E-state index contributed by atoms with van der Waals surface area (Å²) in [6, 6.07) is 14.4. The predicted molar refractivity (Wildman–Crippen MR) is 160 cm³/mol. The zero-order valence-corrected chi connectivity index (χ0v) is 24.9. The lowest BCUT2D eigenvalue weighted by molar-refractivity contribution is 0.0693. The summed E-state index contributed by atoms with van der Waals surface area (Å²) in [5.41, 5.74) is 1.65. The molecule has 0 unspecified atom stereocenters. The summed E-state index contributed by atoms with van der Waals surface area (Å²) in [7, 11) is 1.63. The summed E-state index contributed by atoms with van der Waals surface area (Å²) in [5.74, 6) is 0.671. The van der Waals surface area contributed by atoms with Crippen LogP contribution in [0, 0.1) is 0 Å². The molecule has 3 saturated heterocycles. The van der Waals surface area contributed by atoms with Crippen molar-refractivity contribution in [1.29, 1.82) is 0 Å². The second-order valence-corrected chi connectivity index (χ2v) is 12.5. The Balaban J connectivity index is 1.34. The van der Waals surface area contributed by atoms with Crippen LogP contribution in [-0.4, -0.2) is 79.6 Å². The van der Waals surface area contributed by atoms with Crippen LogP contribution < -0.4 is 4.74 Å². The highest BCUT2D eigenvalue weighted by atomic mass is 35.5. The number of ether oxygens (including phenoxy) is 1. The van der Waals surface area contributed by atoms with E-state index in [4.69, 9.17) is 27.9 Å². The Morgan fingerprint density at radius 1 is 0.923 bits per heavy atom. The molecule has 0 N–H and O–H groups in total. The van der Waals surface area contributed by atoms with Gasteiger partial charge in [0.05, 0.1) is 22.7 Å². The quantitative estimate of drug-likeness (QED) is 0.362. The van der Waals surface area contributed by atoms with Gasteiger partial charge >= 0.3 is 0 Å². The first-order chi connectivity index (χ1) is 19.0. The van der Waals surface area contributed by atoms with Crippen LogP contribution in [0.4, 0.5) is 0 Å². The summed E-state index contributed by atoms with van der Waals surface area (Å²) in [4.78, 5) is 21.3. The van der Waals surface area contributed by atoms with Crippen molar-refractivity contribution in [3.8, 4) is 5.75 Å². The predicted octanol–water partition coefficient (Wildman–Crippen LogP) is 6.91. The second-order valence-electron chi connectivity index (χ2n) is 11.7. The molecule has 1 atom stereocenters. The average Bonchev–Trinajstić information content (AvgIpc) is 3.21. The van der Waals surface area contributed by atoms with Gasteiger partial charge in [-0.15, -0.1) is 0 Å². The van der Waals surface area contributed by atoms with Crippen molar-refractivity contribution in [3.05, 3.63) is 63.6 Å². The van der Waals surface area contributed by atoms with Crippen molar-refractivity contribution in [1.82, 2.24) is 14.7 Å². The van der Waals surface area contributed by atoms with Gasteiger partial charge in [-0.2, -0.15) is 0 Å². The Morgan fingerprint density at radius 3 is 2.41 bits per heavy atom. The van der Waals surface area contributed by atoms with Gasteiger partial charge in [-0.3, -0.25) is 4.79 Å². The summed E-state index contributed by atoms with van der Waals surface area (Å²) < 4.78 is 5.54. The van der Waals surface area contributed by atoms with Gasteiger partial charge in [0.25, 0.3) is 5.91 Å². The number of rotatable bonds is 7. The molecular weight excluding hydrogens is 529 g/mol. The molecule has 39 heavy (non-hydrogen) atoms. The lowest BCUT2D eigenvalue weighted by Crippen LogP contribution is -2.48. The van der Waals surface area contributed by atoms with E-state index in [1.807, 2.05) is 36.4 Å². The van der Waals surface area contributed by atoms with Gasteiger partial charge in [0.1, 0.15) is 5.75 Å². The fraction of sp³-hybridized carbons (Fsp3) is 0.594. The highest BCUT2D eigenvalue weighted by Crippen LogP contribution is 2.40. The number of carbonyl (C=O) groups excluding carboxylic acids is 1. The zero-order chi connectivity index (χ0) is 27.2. The monoisotopic (exact) mass is 571 g/mol. The fourth-order valence-corrected chi connectivity index (χ4v) is 7.33. The number of likely N-dealkylation sites (tertiary alicyclic amines) is 3. The number of hydrogen-bond acceptors (Lipinski definition) is 4. The minimum Gasteiger partial charge on any atom is -0.496 e. The van der Waals surface area contributed by atoms with Crippen LogP contribution in [0.15, 0.2) is 42.5 Å². The van der Waals surface area contributed by atoms with Crippen LogP contribution in [0.3, 0.4) is 0 Å². The normalized spacial score (nSPS) is 23.9. The smallest absolute Gasteiger partial charge is 0.257 e. The molecule has 3 heterocycles. The minimum absolute atomic E-state index is 0.0427. The van der Waals surface area contributed by atoms with Crippen molar-refractivity contribution in [3.63, 3.8) is 0 Å². The molecule has 3 aliphatic heterocycles. The molecular formula is C32H43Cl2N3O2.